The third-order valence-electron chi connectivity index (χ3n) is 12.9. The summed E-state index contributed by atoms with van der Waals surface area (Å²) in [7, 11) is 0. The number of aliphatic hydroxyl groups excluding tert-OH is 2. The van der Waals surface area contributed by atoms with Crippen LogP contribution in [0, 0.1) is 0 Å². The third kappa shape index (κ3) is 49.4. The number of carbonyl (C=O) groups is 1. The van der Waals surface area contributed by atoms with Crippen LogP contribution in [0.25, 0.3) is 0 Å². The molecule has 0 aromatic heterocycles. The maximum atomic E-state index is 12.4. The van der Waals surface area contributed by atoms with Crippen molar-refractivity contribution in [2.45, 2.75) is 309 Å². The van der Waals surface area contributed by atoms with Gasteiger partial charge in [0.2, 0.25) is 5.91 Å². The van der Waals surface area contributed by atoms with Crippen LogP contribution < -0.4 is 5.32 Å². The number of unbranched alkanes of at least 4 members (excludes halogenated alkanes) is 36. The highest BCUT2D eigenvalue weighted by Crippen LogP contribution is 2.18. The molecular weight excluding hydrogens is 759 g/mol. The molecule has 0 aliphatic carbocycles. The van der Waals surface area contributed by atoms with Crippen LogP contribution in [0.5, 0.6) is 0 Å². The maximum absolute atomic E-state index is 12.4. The predicted molar refractivity (Wildman–Crippen MR) is 276 cm³/mol. The van der Waals surface area contributed by atoms with E-state index in [1.165, 1.54) is 218 Å². The second kappa shape index (κ2) is 53.7. The molecule has 4 nitrogen and oxygen atoms in total. The number of hydrogen-bond acceptors (Lipinski definition) is 3. The number of rotatable bonds is 51. The lowest BCUT2D eigenvalue weighted by atomic mass is 10.0. The molecule has 0 rings (SSSR count). The summed E-state index contributed by atoms with van der Waals surface area (Å²) in [5, 5.41) is 23.2. The molecule has 0 spiro atoms. The Morgan fingerprint density at radius 2 is 0.710 bits per heavy atom. The second-order valence-electron chi connectivity index (χ2n) is 19.0. The molecule has 0 radical (unpaired) electrons. The fraction of sp³-hybridized carbons (Fsp3) is 0.845. The Balaban J connectivity index is 3.35. The first-order chi connectivity index (χ1) is 30.7. The van der Waals surface area contributed by atoms with Crippen LogP contribution in [-0.4, -0.2) is 34.9 Å². The van der Waals surface area contributed by atoms with Gasteiger partial charge in [-0.25, -0.2) is 0 Å². The molecule has 0 aromatic carbocycles. The predicted octanol–water partition coefficient (Wildman–Crippen LogP) is 18.3. The largest absolute Gasteiger partial charge is 0.394 e. The van der Waals surface area contributed by atoms with Crippen LogP contribution in [0.15, 0.2) is 48.6 Å². The lowest BCUT2D eigenvalue weighted by Gasteiger charge is -2.22. The lowest BCUT2D eigenvalue weighted by molar-refractivity contribution is -0.123. The SMILES string of the molecule is CC/C=C\C/C=C\C/C=C\C/C=C\CCCCCCCCCCCCCCCCCCCCCCCCCCCCC(=O)NC(CO)C(O)CCCCCCCCCCCCC. The first-order valence-corrected chi connectivity index (χ1v) is 27.8. The van der Waals surface area contributed by atoms with Gasteiger partial charge in [0.1, 0.15) is 0 Å². The molecule has 3 N–H and O–H groups in total. The maximum Gasteiger partial charge on any atom is 0.220 e. The van der Waals surface area contributed by atoms with E-state index in [4.69, 9.17) is 0 Å². The minimum absolute atomic E-state index is 0.0278. The summed E-state index contributed by atoms with van der Waals surface area (Å²) in [5.41, 5.74) is 0. The van der Waals surface area contributed by atoms with E-state index in [0.29, 0.717) is 12.8 Å². The Labute approximate surface area is 388 Å². The number of aliphatic hydroxyl groups is 2. The van der Waals surface area contributed by atoms with Crippen LogP contribution in [-0.2, 0) is 4.79 Å². The number of allylic oxidation sites excluding steroid dienone is 8. The average molecular weight is 869 g/mol. The summed E-state index contributed by atoms with van der Waals surface area (Å²) >= 11 is 0. The summed E-state index contributed by atoms with van der Waals surface area (Å²) < 4.78 is 0. The molecule has 0 aromatic rings. The van der Waals surface area contributed by atoms with E-state index in [-0.39, 0.29) is 12.5 Å². The Bertz CT molecular complexity index is 985. The van der Waals surface area contributed by atoms with Gasteiger partial charge in [0, 0.05) is 6.42 Å². The number of carbonyl (C=O) groups excluding carboxylic acids is 1. The van der Waals surface area contributed by atoms with Crippen LogP contribution in [0.4, 0.5) is 0 Å². The average Bonchev–Trinajstić information content (AvgIpc) is 3.28. The summed E-state index contributed by atoms with van der Waals surface area (Å²) in [4.78, 5) is 12.4. The zero-order valence-corrected chi connectivity index (χ0v) is 41.9. The van der Waals surface area contributed by atoms with Crippen molar-refractivity contribution >= 4 is 5.91 Å². The molecule has 364 valence electrons. The van der Waals surface area contributed by atoms with E-state index >= 15 is 0 Å². The molecule has 2 unspecified atom stereocenters. The fourth-order valence-corrected chi connectivity index (χ4v) is 8.65. The van der Waals surface area contributed by atoms with Gasteiger partial charge in [-0.15, -0.1) is 0 Å². The summed E-state index contributed by atoms with van der Waals surface area (Å²) in [6, 6.07) is -0.532. The van der Waals surface area contributed by atoms with Gasteiger partial charge in [-0.3, -0.25) is 4.79 Å². The van der Waals surface area contributed by atoms with Crippen molar-refractivity contribution in [3.05, 3.63) is 48.6 Å². The summed E-state index contributed by atoms with van der Waals surface area (Å²) in [6.45, 7) is 4.25. The summed E-state index contributed by atoms with van der Waals surface area (Å²) in [5.74, 6) is -0.0278. The van der Waals surface area contributed by atoms with Gasteiger partial charge < -0.3 is 15.5 Å². The molecule has 1 amide bonds. The molecule has 0 aliphatic rings. The van der Waals surface area contributed by atoms with Crippen molar-refractivity contribution in [2.75, 3.05) is 6.61 Å². The molecular formula is C58H109NO3. The zero-order valence-electron chi connectivity index (χ0n) is 41.9. The fourth-order valence-electron chi connectivity index (χ4n) is 8.65. The molecule has 4 heteroatoms. The number of nitrogens with one attached hydrogen (secondary N) is 1. The zero-order chi connectivity index (χ0) is 44.9. The van der Waals surface area contributed by atoms with Gasteiger partial charge >= 0.3 is 0 Å². The Morgan fingerprint density at radius 3 is 1.06 bits per heavy atom. The monoisotopic (exact) mass is 868 g/mol. The Morgan fingerprint density at radius 1 is 0.403 bits per heavy atom. The highest BCUT2D eigenvalue weighted by Gasteiger charge is 2.20. The first kappa shape index (κ1) is 60.4. The van der Waals surface area contributed by atoms with E-state index in [1.807, 2.05) is 0 Å². The molecule has 2 atom stereocenters. The van der Waals surface area contributed by atoms with Crippen molar-refractivity contribution in [1.29, 1.82) is 0 Å². The van der Waals surface area contributed by atoms with Crippen molar-refractivity contribution in [2.24, 2.45) is 0 Å². The number of amides is 1. The van der Waals surface area contributed by atoms with Gasteiger partial charge in [-0.1, -0.05) is 287 Å². The van der Waals surface area contributed by atoms with E-state index < -0.39 is 12.1 Å². The van der Waals surface area contributed by atoms with E-state index in [0.717, 1.165) is 51.4 Å². The minimum Gasteiger partial charge on any atom is -0.394 e. The highest BCUT2D eigenvalue weighted by molar-refractivity contribution is 5.76. The van der Waals surface area contributed by atoms with Crippen molar-refractivity contribution in [1.82, 2.24) is 5.32 Å². The second-order valence-corrected chi connectivity index (χ2v) is 19.0. The van der Waals surface area contributed by atoms with Gasteiger partial charge in [0.05, 0.1) is 18.8 Å². The molecule has 0 aliphatic heterocycles. The standard InChI is InChI=1S/C58H109NO3/c1-3-5-7-9-11-13-15-16-17-18-19-20-21-22-23-24-25-26-27-28-29-30-31-32-33-34-35-36-37-38-39-40-41-42-44-46-48-50-52-54-58(62)59-56(55-60)57(61)53-51-49-47-45-43-14-12-10-8-6-4-2/h5,7,11,13,16-17,19-20,56-57,60-61H,3-4,6,8-10,12,14-15,18,21-55H2,1-2H3,(H,59,62)/b7-5-,13-11-,17-16-,20-19-. The van der Waals surface area contributed by atoms with Gasteiger partial charge in [-0.2, -0.15) is 0 Å². The van der Waals surface area contributed by atoms with Crippen LogP contribution in [0.2, 0.25) is 0 Å². The quantitative estimate of drug-likeness (QED) is 0.0421. The van der Waals surface area contributed by atoms with Gasteiger partial charge in [0.15, 0.2) is 0 Å². The number of hydrogen-bond donors (Lipinski definition) is 3. The van der Waals surface area contributed by atoms with Crippen molar-refractivity contribution < 1.29 is 15.0 Å². The third-order valence-corrected chi connectivity index (χ3v) is 12.9. The van der Waals surface area contributed by atoms with E-state index in [9.17, 15) is 15.0 Å². The van der Waals surface area contributed by atoms with E-state index in [2.05, 4.69) is 67.8 Å². The molecule has 0 bridgehead atoms. The Hall–Kier alpha value is -1.65. The molecule has 62 heavy (non-hydrogen) atoms. The molecule has 0 saturated carbocycles. The smallest absolute Gasteiger partial charge is 0.220 e. The van der Waals surface area contributed by atoms with Crippen LogP contribution >= 0.6 is 0 Å². The van der Waals surface area contributed by atoms with Gasteiger partial charge in [-0.05, 0) is 51.4 Å². The van der Waals surface area contributed by atoms with E-state index in [1.54, 1.807) is 0 Å². The molecule has 0 fully saturated rings. The Kier molecular flexibility index (Phi) is 52.3. The minimum atomic E-state index is -0.656. The van der Waals surface area contributed by atoms with Crippen LogP contribution in [0.3, 0.4) is 0 Å². The van der Waals surface area contributed by atoms with Crippen LogP contribution in [0.1, 0.15) is 296 Å². The van der Waals surface area contributed by atoms with Gasteiger partial charge in [0.25, 0.3) is 0 Å². The lowest BCUT2D eigenvalue weighted by Crippen LogP contribution is -2.45. The van der Waals surface area contributed by atoms with Crippen molar-refractivity contribution in [3.8, 4) is 0 Å². The highest BCUT2D eigenvalue weighted by atomic mass is 16.3. The molecule has 0 saturated heterocycles. The molecule has 0 heterocycles. The first-order valence-electron chi connectivity index (χ1n) is 27.8. The van der Waals surface area contributed by atoms with Crippen molar-refractivity contribution in [3.63, 3.8) is 0 Å². The normalized spacial score (nSPS) is 13.2. The summed E-state index contributed by atoms with van der Waals surface area (Å²) in [6.07, 6.45) is 74.0. The topological polar surface area (TPSA) is 69.6 Å².